The highest BCUT2D eigenvalue weighted by molar-refractivity contribution is 5.84. The van der Waals surface area contributed by atoms with E-state index in [0.29, 0.717) is 24.0 Å². The van der Waals surface area contributed by atoms with Gasteiger partial charge in [0.1, 0.15) is 29.6 Å². The lowest BCUT2D eigenvalue weighted by molar-refractivity contribution is -0.147. The number of alkyl carbamates (subject to hydrolysis) is 1. The Morgan fingerprint density at radius 3 is 2.55 bits per heavy atom. The summed E-state index contributed by atoms with van der Waals surface area (Å²) in [6.07, 6.45) is 12.3. The number of hydrogen-bond acceptors (Lipinski definition) is 7. The zero-order valence-corrected chi connectivity index (χ0v) is 24.4. The quantitative estimate of drug-likeness (QED) is 0.247. The van der Waals surface area contributed by atoms with Crippen LogP contribution in [-0.4, -0.2) is 23.7 Å². The van der Waals surface area contributed by atoms with Gasteiger partial charge in [0, 0.05) is 17.0 Å². The van der Waals surface area contributed by atoms with Crippen LogP contribution in [0.15, 0.2) is 52.0 Å². The number of rotatable bonds is 7. The molecule has 8 nitrogen and oxygen atoms in total. The summed E-state index contributed by atoms with van der Waals surface area (Å²) in [6.45, 7) is 2.05. The third kappa shape index (κ3) is 6.18. The lowest BCUT2D eigenvalue weighted by Crippen LogP contribution is -2.41. The van der Waals surface area contributed by atoms with Crippen molar-refractivity contribution in [3.63, 3.8) is 0 Å². The van der Waals surface area contributed by atoms with Gasteiger partial charge in [0.05, 0.1) is 0 Å². The Bertz CT molecular complexity index is 1510. The number of nitrogens with one attached hydrogen (secondary N) is 1. The molecule has 1 N–H and O–H groups in total. The Kier molecular flexibility index (Phi) is 8.49. The highest BCUT2D eigenvalue weighted by Crippen LogP contribution is 2.43. The van der Waals surface area contributed by atoms with Crippen molar-refractivity contribution in [3.8, 4) is 5.75 Å². The predicted octanol–water partition coefficient (Wildman–Crippen LogP) is 6.79. The molecule has 8 heteroatoms. The molecule has 1 spiro atoms. The lowest BCUT2D eigenvalue weighted by atomic mass is 9.78. The van der Waals surface area contributed by atoms with Crippen molar-refractivity contribution in [2.24, 2.45) is 5.16 Å². The number of ether oxygens (including phenoxy) is 2. The molecule has 0 bridgehead atoms. The summed E-state index contributed by atoms with van der Waals surface area (Å²) >= 11 is 0. The second kappa shape index (κ2) is 12.6. The van der Waals surface area contributed by atoms with Crippen molar-refractivity contribution in [1.82, 2.24) is 5.32 Å². The van der Waals surface area contributed by atoms with E-state index in [0.717, 1.165) is 73.6 Å². The molecule has 1 saturated carbocycles. The van der Waals surface area contributed by atoms with E-state index in [-0.39, 0.29) is 12.2 Å². The third-order valence-electron chi connectivity index (χ3n) is 8.95. The van der Waals surface area contributed by atoms with Crippen molar-refractivity contribution >= 4 is 23.0 Å². The molecule has 222 valence electrons. The molecule has 3 aliphatic rings. The molecule has 0 radical (unpaired) electrons. The normalized spacial score (nSPS) is 18.5. The van der Waals surface area contributed by atoms with Crippen LogP contribution in [0.4, 0.5) is 4.79 Å². The number of carbonyl (C=O) groups is 2. The van der Waals surface area contributed by atoms with E-state index in [2.05, 4.69) is 16.5 Å². The largest absolute Gasteiger partial charge is 0.487 e. The first kappa shape index (κ1) is 28.3. The molecule has 1 aliphatic heterocycles. The van der Waals surface area contributed by atoms with Gasteiger partial charge in [0.2, 0.25) is 0 Å². The summed E-state index contributed by atoms with van der Waals surface area (Å²) in [5.74, 6) is 0.251. The highest BCUT2D eigenvalue weighted by Gasteiger charge is 2.38. The summed E-state index contributed by atoms with van der Waals surface area (Å²) < 4.78 is 18.3. The van der Waals surface area contributed by atoms with Gasteiger partial charge in [-0.05, 0) is 98.5 Å². The van der Waals surface area contributed by atoms with E-state index in [9.17, 15) is 9.59 Å². The van der Waals surface area contributed by atoms with Crippen LogP contribution in [0.1, 0.15) is 93.4 Å². The standard InChI is InChI=1S/C34H40N2O6/c1-2-11-28(35-33(38)39-22-23-12-5-3-6-13-23)32(37)42-36-31-26-15-8-7-14-25(26)27-20-24-16-19-34(17-9-4-10-18-34)41-29(24)21-30(27)40-31/h3,5-6,12-13,20-21,28H,2,4,7-11,14-19,22H2,1H3,(H,35,38). The maximum atomic E-state index is 13.1. The summed E-state index contributed by atoms with van der Waals surface area (Å²) in [4.78, 5) is 30.9. The number of fused-ring (bicyclic) bond motifs is 4. The molecule has 2 aliphatic carbocycles. The van der Waals surface area contributed by atoms with Gasteiger partial charge in [-0.2, -0.15) is 0 Å². The molecule has 1 atom stereocenters. The van der Waals surface area contributed by atoms with Gasteiger partial charge in [-0.3, -0.25) is 0 Å². The first-order chi connectivity index (χ1) is 20.5. The SMILES string of the molecule is CCCC(NC(=O)OCc1ccccc1)C(=O)ON=c1oc2cc3c(cc2c2c1CCCC2)CCC1(CCCCC1)O3. The monoisotopic (exact) mass is 572 g/mol. The second-order valence-electron chi connectivity index (χ2n) is 11.9. The van der Waals surface area contributed by atoms with Crippen LogP contribution in [0.2, 0.25) is 0 Å². The maximum absolute atomic E-state index is 13.1. The van der Waals surface area contributed by atoms with Gasteiger partial charge in [0.15, 0.2) is 0 Å². The van der Waals surface area contributed by atoms with Crippen molar-refractivity contribution < 1.29 is 28.3 Å². The van der Waals surface area contributed by atoms with Crippen LogP contribution in [0, 0.1) is 0 Å². The van der Waals surface area contributed by atoms with Crippen LogP contribution in [-0.2, 0) is 40.2 Å². The van der Waals surface area contributed by atoms with Crippen LogP contribution in [0.3, 0.4) is 0 Å². The average Bonchev–Trinajstić information content (AvgIpc) is 3.02. The van der Waals surface area contributed by atoms with Crippen LogP contribution in [0.5, 0.6) is 5.75 Å². The van der Waals surface area contributed by atoms with Gasteiger partial charge < -0.3 is 24.0 Å². The fourth-order valence-electron chi connectivity index (χ4n) is 6.68. The third-order valence-corrected chi connectivity index (χ3v) is 8.95. The minimum absolute atomic E-state index is 0.0561. The van der Waals surface area contributed by atoms with Crippen molar-refractivity contribution in [2.75, 3.05) is 0 Å². The van der Waals surface area contributed by atoms with Gasteiger partial charge >= 0.3 is 12.1 Å². The Morgan fingerprint density at radius 2 is 1.76 bits per heavy atom. The molecular formula is C34H40N2O6. The average molecular weight is 573 g/mol. The molecule has 2 aromatic carbocycles. The lowest BCUT2D eigenvalue weighted by Gasteiger charge is -2.41. The van der Waals surface area contributed by atoms with Crippen LogP contribution >= 0.6 is 0 Å². The first-order valence-corrected chi connectivity index (χ1v) is 15.6. The first-order valence-electron chi connectivity index (χ1n) is 15.6. The number of benzene rings is 2. The summed E-state index contributed by atoms with van der Waals surface area (Å²) in [5, 5.41) is 7.96. The van der Waals surface area contributed by atoms with Crippen LogP contribution < -0.4 is 15.6 Å². The van der Waals surface area contributed by atoms with Gasteiger partial charge in [-0.1, -0.05) is 50.1 Å². The molecule has 2 heterocycles. The molecule has 6 rings (SSSR count). The minimum Gasteiger partial charge on any atom is -0.487 e. The highest BCUT2D eigenvalue weighted by atomic mass is 16.7. The minimum atomic E-state index is -0.884. The van der Waals surface area contributed by atoms with E-state index in [1.54, 1.807) is 0 Å². The number of hydrogen-bond donors (Lipinski definition) is 1. The predicted molar refractivity (Wildman–Crippen MR) is 158 cm³/mol. The van der Waals surface area contributed by atoms with Crippen molar-refractivity contribution in [3.05, 3.63) is 70.3 Å². The van der Waals surface area contributed by atoms with Gasteiger partial charge in [-0.25, -0.2) is 9.59 Å². The maximum Gasteiger partial charge on any atom is 0.408 e. The van der Waals surface area contributed by atoms with Crippen LogP contribution in [0.25, 0.3) is 11.0 Å². The zero-order chi connectivity index (χ0) is 28.9. The fraction of sp³-hybridized carbons (Fsp3) is 0.500. The molecule has 1 unspecified atom stereocenters. The smallest absolute Gasteiger partial charge is 0.408 e. The molecule has 1 amide bonds. The number of nitrogens with zero attached hydrogens (tertiary/aromatic N) is 1. The zero-order valence-electron chi connectivity index (χ0n) is 24.4. The summed E-state index contributed by atoms with van der Waals surface area (Å²) in [7, 11) is 0. The summed E-state index contributed by atoms with van der Waals surface area (Å²) in [6, 6.07) is 12.8. The Balaban J connectivity index is 1.23. The molecule has 1 fully saturated rings. The van der Waals surface area contributed by atoms with Crippen molar-refractivity contribution in [1.29, 1.82) is 0 Å². The molecule has 42 heavy (non-hydrogen) atoms. The topological polar surface area (TPSA) is 99.4 Å². The van der Waals surface area contributed by atoms with Gasteiger partial charge in [-0.15, -0.1) is 0 Å². The fourth-order valence-corrected chi connectivity index (χ4v) is 6.68. The summed E-state index contributed by atoms with van der Waals surface area (Å²) in [5.41, 5.74) is 5.26. The number of aryl methyl sites for hydroxylation is 2. The molecule has 0 saturated heterocycles. The molecular weight excluding hydrogens is 532 g/mol. The van der Waals surface area contributed by atoms with E-state index in [1.807, 2.05) is 43.3 Å². The molecule has 1 aromatic heterocycles. The van der Waals surface area contributed by atoms with E-state index >= 15 is 0 Å². The second-order valence-corrected chi connectivity index (χ2v) is 11.9. The Morgan fingerprint density at radius 1 is 0.976 bits per heavy atom. The van der Waals surface area contributed by atoms with Crippen molar-refractivity contribution in [2.45, 2.75) is 109 Å². The van der Waals surface area contributed by atoms with Gasteiger partial charge in [0.25, 0.3) is 5.55 Å². The van der Waals surface area contributed by atoms with E-state index in [1.165, 1.54) is 30.4 Å². The number of amides is 1. The van der Waals surface area contributed by atoms with E-state index < -0.39 is 18.1 Å². The number of carbonyl (C=O) groups excluding carboxylic acids is 2. The Labute approximate surface area is 246 Å². The Hall–Kier alpha value is -3.81. The molecule has 3 aromatic rings. The van der Waals surface area contributed by atoms with E-state index in [4.69, 9.17) is 18.7 Å².